The number of rotatable bonds is 9. The Morgan fingerprint density at radius 1 is 0.868 bits per heavy atom. The molecule has 1 saturated heterocycles. The number of nitrogens with zero attached hydrogens (tertiary/aromatic N) is 3. The van der Waals surface area contributed by atoms with Gasteiger partial charge in [-0.1, -0.05) is 16.7 Å². The fourth-order valence-corrected chi connectivity index (χ4v) is 4.65. The summed E-state index contributed by atoms with van der Waals surface area (Å²) in [6, 6.07) is 21.1. The summed E-state index contributed by atoms with van der Waals surface area (Å²) in [5.74, 6) is 1.56. The molecule has 2 heterocycles. The van der Waals surface area contributed by atoms with Gasteiger partial charge in [-0.3, -0.25) is 4.90 Å². The molecule has 8 nitrogen and oxygen atoms in total. The van der Waals surface area contributed by atoms with Crippen LogP contribution >= 0.6 is 0 Å². The molecule has 0 bridgehead atoms. The molecule has 8 heteroatoms. The van der Waals surface area contributed by atoms with Crippen molar-refractivity contribution in [2.24, 2.45) is 5.16 Å². The van der Waals surface area contributed by atoms with Crippen LogP contribution in [-0.2, 0) is 4.84 Å². The maximum absolute atomic E-state index is 9.79. The van der Waals surface area contributed by atoms with Crippen LogP contribution in [0.5, 0.6) is 17.2 Å². The van der Waals surface area contributed by atoms with Gasteiger partial charge in [0.05, 0.1) is 5.56 Å². The Kier molecular flexibility index (Phi) is 7.89. The number of ether oxygens (including phenoxy) is 1. The third kappa shape index (κ3) is 5.81. The highest BCUT2D eigenvalue weighted by Gasteiger charge is 2.25. The number of hydrogen-bond acceptors (Lipinski definition) is 8. The number of likely N-dealkylation sites (tertiary alicyclic amines) is 1. The first kappa shape index (κ1) is 25.4. The predicted octanol–water partition coefficient (Wildman–Crippen LogP) is 5.68. The van der Waals surface area contributed by atoms with Crippen LogP contribution in [0.2, 0.25) is 0 Å². The van der Waals surface area contributed by atoms with Gasteiger partial charge in [-0.2, -0.15) is 0 Å². The highest BCUT2D eigenvalue weighted by molar-refractivity contribution is 6.18. The zero-order chi connectivity index (χ0) is 26.3. The molecule has 4 aromatic rings. The molecule has 0 aliphatic carbocycles. The maximum Gasteiger partial charge on any atom is 0.177 e. The summed E-state index contributed by atoms with van der Waals surface area (Å²) < 4.78 is 11.8. The van der Waals surface area contributed by atoms with Crippen LogP contribution in [0.1, 0.15) is 30.4 Å². The topological polar surface area (TPSA) is 101 Å². The van der Waals surface area contributed by atoms with Gasteiger partial charge >= 0.3 is 0 Å². The van der Waals surface area contributed by atoms with E-state index in [1.165, 1.54) is 26.4 Å². The van der Waals surface area contributed by atoms with Crippen LogP contribution in [0.15, 0.2) is 82.5 Å². The van der Waals surface area contributed by atoms with Crippen LogP contribution in [0.4, 0.5) is 0 Å². The van der Waals surface area contributed by atoms with E-state index >= 15 is 0 Å². The summed E-state index contributed by atoms with van der Waals surface area (Å²) in [7, 11) is 1.49. The van der Waals surface area contributed by atoms with Crippen LogP contribution in [0.3, 0.4) is 0 Å². The lowest BCUT2D eigenvalue weighted by molar-refractivity contribution is 0.183. The zero-order valence-corrected chi connectivity index (χ0v) is 21.3. The molecule has 0 spiro atoms. The Bertz CT molecular complexity index is 1290. The Morgan fingerprint density at radius 3 is 2.13 bits per heavy atom. The minimum absolute atomic E-state index is 0.148. The molecular weight excluding hydrogens is 482 g/mol. The van der Waals surface area contributed by atoms with E-state index in [1.807, 2.05) is 24.3 Å². The Morgan fingerprint density at radius 2 is 1.50 bits per heavy atom. The van der Waals surface area contributed by atoms with Gasteiger partial charge in [0.1, 0.15) is 42.4 Å². The van der Waals surface area contributed by atoms with Gasteiger partial charge in [-0.15, -0.1) is 0 Å². The van der Waals surface area contributed by atoms with Gasteiger partial charge in [-0.05, 0) is 98.7 Å². The highest BCUT2D eigenvalue weighted by atomic mass is 16.6. The van der Waals surface area contributed by atoms with Crippen molar-refractivity contribution in [3.63, 3.8) is 0 Å². The first-order valence-electron chi connectivity index (χ1n) is 12.8. The number of piperidine rings is 1. The molecule has 0 radical (unpaired) electrons. The van der Waals surface area contributed by atoms with E-state index in [4.69, 9.17) is 14.1 Å². The summed E-state index contributed by atoms with van der Waals surface area (Å²) in [5, 5.41) is 28.3. The van der Waals surface area contributed by atoms with Crippen molar-refractivity contribution in [2.45, 2.75) is 19.3 Å². The minimum atomic E-state index is 0.148. The summed E-state index contributed by atoms with van der Waals surface area (Å²) in [4.78, 5) is 7.71. The number of aromatic nitrogens is 1. The van der Waals surface area contributed by atoms with Crippen LogP contribution in [0, 0.1) is 0 Å². The first-order valence-corrected chi connectivity index (χ1v) is 12.8. The molecule has 0 amide bonds. The van der Waals surface area contributed by atoms with Gasteiger partial charge in [-0.25, -0.2) is 0 Å². The summed E-state index contributed by atoms with van der Waals surface area (Å²) >= 11 is 0. The van der Waals surface area contributed by atoms with Gasteiger partial charge in [0.2, 0.25) is 0 Å². The Hall–Kier alpha value is -4.30. The summed E-state index contributed by atoms with van der Waals surface area (Å²) in [6.07, 6.45) is 3.84. The lowest BCUT2D eigenvalue weighted by Gasteiger charge is -2.26. The van der Waals surface area contributed by atoms with E-state index in [9.17, 15) is 10.2 Å². The second-order valence-corrected chi connectivity index (χ2v) is 9.23. The van der Waals surface area contributed by atoms with Crippen LogP contribution in [-0.4, -0.2) is 59.3 Å². The zero-order valence-electron chi connectivity index (χ0n) is 21.3. The molecule has 3 aromatic carbocycles. The van der Waals surface area contributed by atoms with Crippen LogP contribution in [0.25, 0.3) is 22.6 Å². The van der Waals surface area contributed by atoms with Crippen molar-refractivity contribution in [3.8, 4) is 39.8 Å². The lowest BCUT2D eigenvalue weighted by atomic mass is 9.94. The number of oxime groups is 1. The first-order chi connectivity index (χ1) is 18.6. The lowest BCUT2D eigenvalue weighted by Crippen LogP contribution is -2.33. The minimum Gasteiger partial charge on any atom is -0.508 e. The number of hydrogen-bond donors (Lipinski definition) is 2. The standard InChI is InChI=1S/C30H31N3O5/c1-36-31-28(22-9-15-26(16-10-22)37-20-19-33-17-3-2-4-18-33)27-29(21-5-11-24(34)12-6-21)32-38-30(27)23-7-13-25(35)14-8-23/h5-16,34-35H,2-4,17-20H2,1H3. The molecule has 0 unspecified atom stereocenters. The second-order valence-electron chi connectivity index (χ2n) is 9.23. The molecule has 1 aliphatic heterocycles. The highest BCUT2D eigenvalue weighted by Crippen LogP contribution is 2.36. The monoisotopic (exact) mass is 513 g/mol. The number of aromatic hydroxyl groups is 2. The summed E-state index contributed by atoms with van der Waals surface area (Å²) in [6.45, 7) is 3.85. The van der Waals surface area contributed by atoms with E-state index in [0.29, 0.717) is 29.3 Å². The molecule has 0 atom stereocenters. The van der Waals surface area contributed by atoms with Gasteiger partial charge in [0.15, 0.2) is 5.76 Å². The normalized spacial score (nSPS) is 14.4. The Labute approximate surface area is 221 Å². The second kappa shape index (κ2) is 11.8. The fourth-order valence-electron chi connectivity index (χ4n) is 4.65. The van der Waals surface area contributed by atoms with Gasteiger partial charge in [0.25, 0.3) is 0 Å². The molecule has 38 heavy (non-hydrogen) atoms. The van der Waals surface area contributed by atoms with Crippen molar-refractivity contribution >= 4 is 5.71 Å². The SMILES string of the molecule is CON=C(c1ccc(OCCN2CCCCC2)cc1)c1c(-c2ccc(O)cc2)noc1-c1ccc(O)cc1. The van der Waals surface area contributed by atoms with E-state index in [2.05, 4.69) is 15.2 Å². The molecular formula is C30H31N3O5. The van der Waals surface area contributed by atoms with Crippen molar-refractivity contribution in [3.05, 3.63) is 83.9 Å². The van der Waals surface area contributed by atoms with E-state index in [0.717, 1.165) is 42.1 Å². The molecule has 2 N–H and O–H groups in total. The third-order valence-electron chi connectivity index (χ3n) is 6.63. The maximum atomic E-state index is 9.79. The number of phenols is 2. The average molecular weight is 514 g/mol. The quantitative estimate of drug-likeness (QED) is 0.219. The van der Waals surface area contributed by atoms with Crippen molar-refractivity contribution < 1.29 is 24.3 Å². The molecule has 1 fully saturated rings. The van der Waals surface area contributed by atoms with Gasteiger partial charge < -0.3 is 24.3 Å². The number of phenolic OH excluding ortho intramolecular Hbond substituents is 2. The summed E-state index contributed by atoms with van der Waals surface area (Å²) in [5.41, 5.74) is 3.95. The largest absolute Gasteiger partial charge is 0.508 e. The average Bonchev–Trinajstić information content (AvgIpc) is 3.38. The molecule has 1 aromatic heterocycles. The van der Waals surface area contributed by atoms with Crippen LogP contribution < -0.4 is 4.74 Å². The van der Waals surface area contributed by atoms with Crippen molar-refractivity contribution in [1.29, 1.82) is 0 Å². The van der Waals surface area contributed by atoms with Crippen molar-refractivity contribution in [1.82, 2.24) is 10.1 Å². The smallest absolute Gasteiger partial charge is 0.177 e. The van der Waals surface area contributed by atoms with E-state index in [1.54, 1.807) is 48.5 Å². The van der Waals surface area contributed by atoms with E-state index in [-0.39, 0.29) is 11.5 Å². The van der Waals surface area contributed by atoms with E-state index < -0.39 is 0 Å². The molecule has 196 valence electrons. The Balaban J connectivity index is 1.46. The predicted molar refractivity (Wildman–Crippen MR) is 146 cm³/mol. The third-order valence-corrected chi connectivity index (χ3v) is 6.63. The van der Waals surface area contributed by atoms with Gasteiger partial charge in [0, 0.05) is 23.2 Å². The fraction of sp³-hybridized carbons (Fsp3) is 0.267. The number of benzene rings is 3. The van der Waals surface area contributed by atoms with Crippen molar-refractivity contribution in [2.75, 3.05) is 33.4 Å². The molecule has 0 saturated carbocycles. The molecule has 5 rings (SSSR count). The molecule has 1 aliphatic rings.